The van der Waals surface area contributed by atoms with Gasteiger partial charge in [0.2, 0.25) is 5.91 Å². The van der Waals surface area contributed by atoms with E-state index in [9.17, 15) is 18.4 Å². The Hall–Kier alpha value is -3.58. The molecule has 1 fully saturated rings. The van der Waals surface area contributed by atoms with Crippen molar-refractivity contribution >= 4 is 11.8 Å². The second-order valence-corrected chi connectivity index (χ2v) is 8.74. The van der Waals surface area contributed by atoms with E-state index in [4.69, 9.17) is 0 Å². The minimum atomic E-state index is -0.937. The van der Waals surface area contributed by atoms with E-state index in [0.29, 0.717) is 12.6 Å². The Kier molecular flexibility index (Phi) is 8.21. The van der Waals surface area contributed by atoms with Gasteiger partial charge in [-0.25, -0.2) is 8.78 Å². The second kappa shape index (κ2) is 11.7. The number of rotatable bonds is 9. The first kappa shape index (κ1) is 24.5. The summed E-state index contributed by atoms with van der Waals surface area (Å²) in [5, 5.41) is 5.37. The summed E-state index contributed by atoms with van der Waals surface area (Å²) in [6, 6.07) is 19.2. The van der Waals surface area contributed by atoms with Crippen molar-refractivity contribution < 1.29 is 18.4 Å². The molecule has 4 rings (SSSR count). The maximum Gasteiger partial charge on any atom is 0.254 e. The van der Waals surface area contributed by atoms with Crippen LogP contribution in [0.4, 0.5) is 8.78 Å². The fourth-order valence-corrected chi connectivity index (χ4v) is 4.29. The van der Waals surface area contributed by atoms with Crippen LogP contribution in [0, 0.1) is 11.6 Å². The van der Waals surface area contributed by atoms with Crippen LogP contribution in [0.2, 0.25) is 0 Å². The van der Waals surface area contributed by atoms with Crippen LogP contribution in [-0.2, 0) is 17.9 Å². The van der Waals surface area contributed by atoms with Gasteiger partial charge in [-0.3, -0.25) is 14.5 Å². The SMILES string of the molecule is O=C(CCNC(=O)c1ccc(F)cc1F)NCc1ccccc1-c1ccc(CN2CCCC2)cc1. The highest BCUT2D eigenvalue weighted by Gasteiger charge is 2.14. The van der Waals surface area contributed by atoms with Crippen LogP contribution in [0.25, 0.3) is 11.1 Å². The molecule has 1 heterocycles. The van der Waals surface area contributed by atoms with Crippen molar-refractivity contribution in [3.8, 4) is 11.1 Å². The number of likely N-dealkylation sites (tertiary alicyclic amines) is 1. The number of nitrogens with zero attached hydrogens (tertiary/aromatic N) is 1. The Morgan fingerprint density at radius 1 is 0.886 bits per heavy atom. The normalized spacial score (nSPS) is 13.5. The number of carbonyl (C=O) groups excluding carboxylic acids is 2. The van der Waals surface area contributed by atoms with Crippen LogP contribution >= 0.6 is 0 Å². The van der Waals surface area contributed by atoms with Crippen molar-refractivity contribution in [2.75, 3.05) is 19.6 Å². The van der Waals surface area contributed by atoms with Gasteiger partial charge in [-0.1, -0.05) is 48.5 Å². The quantitative estimate of drug-likeness (QED) is 0.471. The fraction of sp³-hybridized carbons (Fsp3) is 0.286. The van der Waals surface area contributed by atoms with E-state index in [2.05, 4.69) is 39.8 Å². The van der Waals surface area contributed by atoms with Gasteiger partial charge in [-0.15, -0.1) is 0 Å². The highest BCUT2D eigenvalue weighted by Crippen LogP contribution is 2.25. The maximum atomic E-state index is 13.7. The van der Waals surface area contributed by atoms with Crippen LogP contribution in [0.1, 0.15) is 40.7 Å². The van der Waals surface area contributed by atoms with Gasteiger partial charge < -0.3 is 10.6 Å². The number of hydrogen-bond acceptors (Lipinski definition) is 3. The standard InChI is InChI=1S/C28H29F2N3O2/c29-23-11-12-25(26(30)17-23)28(35)31-14-13-27(34)32-18-22-5-1-2-6-24(22)21-9-7-20(8-10-21)19-33-15-3-4-16-33/h1-2,5-12,17H,3-4,13-16,18-19H2,(H,31,35)(H,32,34). The van der Waals surface area contributed by atoms with Crippen molar-refractivity contribution in [3.63, 3.8) is 0 Å². The zero-order chi connectivity index (χ0) is 24.6. The zero-order valence-electron chi connectivity index (χ0n) is 19.5. The van der Waals surface area contributed by atoms with Crippen LogP contribution in [0.3, 0.4) is 0 Å². The lowest BCUT2D eigenvalue weighted by atomic mass is 9.98. The van der Waals surface area contributed by atoms with Crippen molar-refractivity contribution in [2.24, 2.45) is 0 Å². The van der Waals surface area contributed by atoms with Gasteiger partial charge in [0.25, 0.3) is 5.91 Å². The molecular weight excluding hydrogens is 448 g/mol. The van der Waals surface area contributed by atoms with E-state index >= 15 is 0 Å². The minimum absolute atomic E-state index is 0.0433. The molecule has 0 spiro atoms. The van der Waals surface area contributed by atoms with E-state index in [1.54, 1.807) is 0 Å². The van der Waals surface area contributed by atoms with Crippen LogP contribution in [0.5, 0.6) is 0 Å². The Morgan fingerprint density at radius 2 is 1.63 bits per heavy atom. The van der Waals surface area contributed by atoms with Crippen LogP contribution in [0.15, 0.2) is 66.7 Å². The van der Waals surface area contributed by atoms with E-state index in [-0.39, 0.29) is 24.4 Å². The molecular formula is C28H29F2N3O2. The van der Waals surface area contributed by atoms with Crippen molar-refractivity contribution in [3.05, 3.63) is 95.1 Å². The molecule has 0 atom stereocenters. The molecule has 0 unspecified atom stereocenters. The molecule has 35 heavy (non-hydrogen) atoms. The molecule has 1 aliphatic heterocycles. The lowest BCUT2D eigenvalue weighted by Crippen LogP contribution is -2.31. The summed E-state index contributed by atoms with van der Waals surface area (Å²) in [4.78, 5) is 26.8. The van der Waals surface area contributed by atoms with Crippen molar-refractivity contribution in [1.29, 1.82) is 0 Å². The zero-order valence-corrected chi connectivity index (χ0v) is 19.5. The second-order valence-electron chi connectivity index (χ2n) is 8.74. The van der Waals surface area contributed by atoms with Gasteiger partial charge in [0, 0.05) is 32.1 Å². The predicted octanol–water partition coefficient (Wildman–Crippen LogP) is 4.66. The van der Waals surface area contributed by atoms with E-state index in [0.717, 1.165) is 48.5 Å². The summed E-state index contributed by atoms with van der Waals surface area (Å²) in [5.74, 6) is -2.61. The van der Waals surface area contributed by atoms with Gasteiger partial charge >= 0.3 is 0 Å². The molecule has 1 aliphatic rings. The monoisotopic (exact) mass is 477 g/mol. The van der Waals surface area contributed by atoms with Gasteiger partial charge in [0.05, 0.1) is 5.56 Å². The van der Waals surface area contributed by atoms with E-state index in [1.807, 2.05) is 24.3 Å². The molecule has 2 N–H and O–H groups in total. The molecule has 1 saturated heterocycles. The summed E-state index contributed by atoms with van der Waals surface area (Å²) in [6.45, 7) is 3.70. The first-order valence-corrected chi connectivity index (χ1v) is 11.9. The van der Waals surface area contributed by atoms with Crippen LogP contribution in [-0.4, -0.2) is 36.3 Å². The highest BCUT2D eigenvalue weighted by molar-refractivity contribution is 5.94. The molecule has 7 heteroatoms. The highest BCUT2D eigenvalue weighted by atomic mass is 19.1. The molecule has 5 nitrogen and oxygen atoms in total. The molecule has 3 aromatic rings. The molecule has 182 valence electrons. The molecule has 2 amide bonds. The van der Waals surface area contributed by atoms with Gasteiger partial charge in [-0.05, 0) is 60.3 Å². The average molecular weight is 478 g/mol. The largest absolute Gasteiger partial charge is 0.352 e. The Bertz CT molecular complexity index is 1180. The summed E-state index contributed by atoms with van der Waals surface area (Å²) < 4.78 is 26.7. The molecule has 0 bridgehead atoms. The Labute approximate surface area is 204 Å². The first-order valence-electron chi connectivity index (χ1n) is 11.9. The third-order valence-electron chi connectivity index (χ3n) is 6.18. The molecule has 0 saturated carbocycles. The Morgan fingerprint density at radius 3 is 2.37 bits per heavy atom. The average Bonchev–Trinajstić information content (AvgIpc) is 3.36. The minimum Gasteiger partial charge on any atom is -0.352 e. The summed E-state index contributed by atoms with van der Waals surface area (Å²) in [7, 11) is 0. The summed E-state index contributed by atoms with van der Waals surface area (Å²) in [6.07, 6.45) is 2.59. The molecule has 0 radical (unpaired) electrons. The number of carbonyl (C=O) groups is 2. The first-order chi connectivity index (χ1) is 17.0. The van der Waals surface area contributed by atoms with E-state index < -0.39 is 17.5 Å². The smallest absolute Gasteiger partial charge is 0.254 e. The summed E-state index contributed by atoms with van der Waals surface area (Å²) in [5.41, 5.74) is 4.18. The van der Waals surface area contributed by atoms with E-state index in [1.165, 1.54) is 18.4 Å². The topological polar surface area (TPSA) is 61.4 Å². The molecule has 0 aromatic heterocycles. The number of benzene rings is 3. The number of halogens is 2. The van der Waals surface area contributed by atoms with Gasteiger partial charge in [0.1, 0.15) is 11.6 Å². The van der Waals surface area contributed by atoms with Crippen molar-refractivity contribution in [1.82, 2.24) is 15.5 Å². The molecule has 0 aliphatic carbocycles. The third-order valence-corrected chi connectivity index (χ3v) is 6.18. The van der Waals surface area contributed by atoms with Gasteiger partial charge in [0.15, 0.2) is 0 Å². The molecule has 3 aromatic carbocycles. The lowest BCUT2D eigenvalue weighted by molar-refractivity contribution is -0.121. The summed E-state index contributed by atoms with van der Waals surface area (Å²) >= 11 is 0. The van der Waals surface area contributed by atoms with Gasteiger partial charge in [-0.2, -0.15) is 0 Å². The van der Waals surface area contributed by atoms with Crippen LogP contribution < -0.4 is 10.6 Å². The lowest BCUT2D eigenvalue weighted by Gasteiger charge is -2.15. The maximum absolute atomic E-state index is 13.7. The fourth-order valence-electron chi connectivity index (χ4n) is 4.29. The Balaban J connectivity index is 1.28. The number of hydrogen-bond donors (Lipinski definition) is 2. The number of nitrogens with one attached hydrogen (secondary N) is 2. The third kappa shape index (κ3) is 6.73. The van der Waals surface area contributed by atoms with Crippen molar-refractivity contribution in [2.45, 2.75) is 32.4 Å². The predicted molar refractivity (Wildman–Crippen MR) is 132 cm³/mol. The number of amides is 2.